The summed E-state index contributed by atoms with van der Waals surface area (Å²) in [4.78, 5) is 10.0. The lowest BCUT2D eigenvalue weighted by atomic mass is 10.1. The van der Waals surface area contributed by atoms with Gasteiger partial charge in [-0.25, -0.2) is 4.98 Å². The van der Waals surface area contributed by atoms with Crippen LogP contribution in [0.15, 0.2) is 102 Å². The van der Waals surface area contributed by atoms with Gasteiger partial charge in [-0.15, -0.1) is 0 Å². The molecule has 3 aliphatic rings. The van der Waals surface area contributed by atoms with E-state index in [1.54, 1.807) is 0 Å². The van der Waals surface area contributed by atoms with Crippen LogP contribution in [0, 0.1) is 0 Å². The second kappa shape index (κ2) is 7.40. The average Bonchev–Trinajstić information content (AvgIpc) is 3.63. The molecule has 0 radical (unpaired) electrons. The maximum absolute atomic E-state index is 5.03. The van der Waals surface area contributed by atoms with E-state index in [2.05, 4.69) is 76.6 Å². The first kappa shape index (κ1) is 17.9. The van der Waals surface area contributed by atoms with Gasteiger partial charge in [0.05, 0.1) is 39.5 Å². The van der Waals surface area contributed by atoms with Crippen molar-refractivity contribution >= 4 is 22.4 Å². The Morgan fingerprint density at radius 2 is 1.52 bits per heavy atom. The first-order valence-electron chi connectivity index (χ1n) is 10.7. The van der Waals surface area contributed by atoms with Gasteiger partial charge in [-0.05, 0) is 61.4 Å². The number of hydrogen-bond donors (Lipinski definition) is 1. The second-order valence-corrected chi connectivity index (χ2v) is 7.98. The summed E-state index contributed by atoms with van der Waals surface area (Å²) in [6, 6.07) is 33.8. The number of nitrogens with one attached hydrogen (secondary N) is 1. The molecule has 150 valence electrons. The van der Waals surface area contributed by atoms with Gasteiger partial charge in [0.2, 0.25) is 0 Å². The summed E-state index contributed by atoms with van der Waals surface area (Å²) in [5.41, 5.74) is 7.21. The van der Waals surface area contributed by atoms with Crippen molar-refractivity contribution in [2.24, 2.45) is 4.99 Å². The number of hydrogen-bond acceptors (Lipinski definition) is 3. The van der Waals surface area contributed by atoms with Crippen LogP contribution in [0.1, 0.15) is 12.8 Å². The first-order chi connectivity index (χ1) is 15.3. The van der Waals surface area contributed by atoms with Gasteiger partial charge >= 0.3 is 0 Å². The zero-order chi connectivity index (χ0) is 20.6. The smallest absolute Gasteiger partial charge is 0.0900 e. The van der Waals surface area contributed by atoms with Crippen molar-refractivity contribution in [1.82, 2.24) is 9.55 Å². The molecule has 0 atom stereocenters. The molecule has 0 spiro atoms. The molecule has 4 nitrogen and oxygen atoms in total. The van der Waals surface area contributed by atoms with Gasteiger partial charge in [0.15, 0.2) is 0 Å². The average molecular weight is 403 g/mol. The minimum Gasteiger partial charge on any atom is -0.354 e. The maximum atomic E-state index is 5.03. The zero-order valence-corrected chi connectivity index (χ0v) is 17.1. The molecular formula is C27H22N4. The minimum atomic E-state index is 0.423. The zero-order valence-electron chi connectivity index (χ0n) is 17.1. The van der Waals surface area contributed by atoms with Crippen LogP contribution in [0.2, 0.25) is 0 Å². The Labute approximate surface area is 180 Å². The Balaban J connectivity index is 1.65. The molecule has 0 saturated heterocycles. The first-order valence-corrected chi connectivity index (χ1v) is 10.7. The van der Waals surface area contributed by atoms with Gasteiger partial charge in [-0.1, -0.05) is 48.5 Å². The van der Waals surface area contributed by atoms with Gasteiger partial charge in [-0.2, -0.15) is 0 Å². The van der Waals surface area contributed by atoms with Crippen molar-refractivity contribution in [3.63, 3.8) is 0 Å². The molecule has 1 fully saturated rings. The van der Waals surface area contributed by atoms with E-state index in [0.29, 0.717) is 6.04 Å². The van der Waals surface area contributed by atoms with Crippen molar-refractivity contribution in [3.8, 4) is 17.1 Å². The van der Waals surface area contributed by atoms with Crippen LogP contribution >= 0.6 is 0 Å². The van der Waals surface area contributed by atoms with Crippen LogP contribution < -0.4 is 10.7 Å². The highest BCUT2D eigenvalue weighted by molar-refractivity contribution is 5.84. The number of anilines is 2. The number of rotatable bonds is 4. The van der Waals surface area contributed by atoms with Gasteiger partial charge < -0.3 is 9.88 Å². The summed E-state index contributed by atoms with van der Waals surface area (Å²) < 4.78 is 2.29. The molecule has 0 amide bonds. The van der Waals surface area contributed by atoms with E-state index >= 15 is 0 Å². The lowest BCUT2D eigenvalue weighted by molar-refractivity contribution is 0.997. The van der Waals surface area contributed by atoms with Gasteiger partial charge in [0.1, 0.15) is 0 Å². The number of fused-ring (bicyclic) bond motifs is 2. The third-order valence-corrected chi connectivity index (χ3v) is 5.63. The Morgan fingerprint density at radius 3 is 2.29 bits per heavy atom. The Hall–Kier alpha value is -3.92. The van der Waals surface area contributed by atoms with E-state index in [9.17, 15) is 0 Å². The van der Waals surface area contributed by atoms with Gasteiger partial charge in [0, 0.05) is 11.4 Å². The van der Waals surface area contributed by atoms with E-state index in [0.717, 1.165) is 57.7 Å². The number of para-hydroxylation sites is 4. The normalized spacial score (nSPS) is 14.3. The van der Waals surface area contributed by atoms with Crippen molar-refractivity contribution in [3.05, 3.63) is 102 Å². The van der Waals surface area contributed by atoms with E-state index in [-0.39, 0.29) is 0 Å². The Morgan fingerprint density at radius 1 is 0.806 bits per heavy atom. The van der Waals surface area contributed by atoms with Crippen molar-refractivity contribution in [2.75, 3.05) is 5.32 Å². The molecule has 1 saturated carbocycles. The summed E-state index contributed by atoms with van der Waals surface area (Å²) >= 11 is 0. The molecule has 0 bridgehead atoms. The molecular weight excluding hydrogens is 380 g/mol. The fourth-order valence-corrected chi connectivity index (χ4v) is 3.98. The fraction of sp³-hybridized carbons (Fsp3) is 0.111. The topological polar surface area (TPSA) is 42.2 Å². The predicted octanol–water partition coefficient (Wildman–Crippen LogP) is 5.94. The maximum Gasteiger partial charge on any atom is 0.0900 e. The van der Waals surface area contributed by atoms with Crippen LogP contribution in [0.5, 0.6) is 0 Å². The molecule has 1 aliphatic heterocycles. The van der Waals surface area contributed by atoms with E-state index in [1.165, 1.54) is 0 Å². The lowest BCUT2D eigenvalue weighted by Crippen LogP contribution is -2.15. The summed E-state index contributed by atoms with van der Waals surface area (Å²) in [7, 11) is 0. The second-order valence-electron chi connectivity index (χ2n) is 7.98. The molecule has 3 aromatic carbocycles. The van der Waals surface area contributed by atoms with Crippen molar-refractivity contribution < 1.29 is 0 Å². The van der Waals surface area contributed by atoms with Crippen LogP contribution in [0.3, 0.4) is 0 Å². The molecule has 31 heavy (non-hydrogen) atoms. The molecule has 6 rings (SSSR count). The van der Waals surface area contributed by atoms with Crippen molar-refractivity contribution in [2.45, 2.75) is 18.9 Å². The van der Waals surface area contributed by atoms with Crippen LogP contribution in [-0.4, -0.2) is 15.6 Å². The SMILES string of the molecule is c1ccc(Nc2cc3nc4ccccc4n(-c4ccccc4)c-3c/c2=N\C2CC2)cc1. The van der Waals surface area contributed by atoms with E-state index in [4.69, 9.17) is 9.98 Å². The third-order valence-electron chi connectivity index (χ3n) is 5.63. The molecule has 1 N–H and O–H groups in total. The molecule has 0 unspecified atom stereocenters. The minimum absolute atomic E-state index is 0.423. The highest BCUT2D eigenvalue weighted by Gasteiger charge is 2.21. The van der Waals surface area contributed by atoms with Crippen LogP contribution in [-0.2, 0) is 0 Å². The number of nitrogens with zero attached hydrogens (tertiary/aromatic N) is 3. The standard InChI is InChI=1S/C27H22N4/c1-3-9-19(10-4-1)28-23-17-25-27(18-24(23)29-20-15-16-20)31(21-11-5-2-6-12-21)26-14-8-7-13-22(26)30-25/h1-14,17-18,20,28H,15-16H2/b29-24+. The highest BCUT2D eigenvalue weighted by Crippen LogP contribution is 2.31. The third kappa shape index (κ3) is 3.46. The number of benzene rings is 4. The largest absolute Gasteiger partial charge is 0.354 e. The predicted molar refractivity (Wildman–Crippen MR) is 126 cm³/mol. The van der Waals surface area contributed by atoms with Crippen LogP contribution in [0.25, 0.3) is 28.1 Å². The molecule has 0 aromatic heterocycles. The quantitative estimate of drug-likeness (QED) is 0.378. The van der Waals surface area contributed by atoms with E-state index in [1.807, 2.05) is 30.3 Å². The monoisotopic (exact) mass is 402 g/mol. The highest BCUT2D eigenvalue weighted by atomic mass is 15.0. The van der Waals surface area contributed by atoms with Crippen molar-refractivity contribution in [1.29, 1.82) is 0 Å². The van der Waals surface area contributed by atoms with Gasteiger partial charge in [0.25, 0.3) is 0 Å². The summed E-state index contributed by atoms with van der Waals surface area (Å²) in [6.07, 6.45) is 2.33. The Kier molecular flexibility index (Phi) is 4.27. The summed E-state index contributed by atoms with van der Waals surface area (Å²) in [6.45, 7) is 0. The molecule has 2 aliphatic carbocycles. The van der Waals surface area contributed by atoms with Gasteiger partial charge in [-0.3, -0.25) is 4.99 Å². The lowest BCUT2D eigenvalue weighted by Gasteiger charge is -2.20. The molecule has 4 heteroatoms. The Bertz CT molecular complexity index is 1400. The fourth-order valence-electron chi connectivity index (χ4n) is 3.98. The summed E-state index contributed by atoms with van der Waals surface area (Å²) in [5.74, 6) is 0. The summed E-state index contributed by atoms with van der Waals surface area (Å²) in [5, 5.41) is 4.55. The van der Waals surface area contributed by atoms with Crippen LogP contribution in [0.4, 0.5) is 11.4 Å². The molecule has 1 heterocycles. The van der Waals surface area contributed by atoms with E-state index < -0.39 is 0 Å². The molecule has 3 aromatic rings. The number of aromatic nitrogens is 2.